The third-order valence-electron chi connectivity index (χ3n) is 1.84. The van der Waals surface area contributed by atoms with Crippen LogP contribution >= 0.6 is 23.2 Å². The highest BCUT2D eigenvalue weighted by Gasteiger charge is 2.09. The molecule has 0 saturated carbocycles. The predicted octanol–water partition coefficient (Wildman–Crippen LogP) is 3.31. The first-order valence-corrected chi connectivity index (χ1v) is 5.04. The molecule has 2 N–H and O–H groups in total. The van der Waals surface area contributed by atoms with E-state index in [1.54, 1.807) is 18.2 Å². The van der Waals surface area contributed by atoms with Crippen LogP contribution in [0.5, 0.6) is 0 Å². The third-order valence-corrected chi connectivity index (χ3v) is 2.28. The molecule has 2 nitrogen and oxygen atoms in total. The summed E-state index contributed by atoms with van der Waals surface area (Å²) in [6.07, 6.45) is 0. The Hall–Kier alpha value is -0.730. The molecule has 0 atom stereocenters. The summed E-state index contributed by atoms with van der Waals surface area (Å²) in [7, 11) is 0. The fourth-order valence-corrected chi connectivity index (χ4v) is 1.78. The summed E-state index contributed by atoms with van der Waals surface area (Å²) >= 11 is 11.8. The van der Waals surface area contributed by atoms with E-state index in [1.165, 1.54) is 0 Å². The molecule has 1 aromatic carbocycles. The summed E-state index contributed by atoms with van der Waals surface area (Å²) in [6.45, 7) is 4.03. The van der Waals surface area contributed by atoms with Crippen LogP contribution in [0.2, 0.25) is 10.0 Å². The van der Waals surface area contributed by atoms with Crippen LogP contribution in [0.15, 0.2) is 23.3 Å². The molecule has 76 valence electrons. The molecule has 0 bridgehead atoms. The highest BCUT2D eigenvalue weighted by Crippen LogP contribution is 2.21. The Morgan fingerprint density at radius 3 is 2.07 bits per heavy atom. The Kier molecular flexibility index (Phi) is 3.78. The minimum atomic E-state index is 0.245. The van der Waals surface area contributed by atoms with Gasteiger partial charge >= 0.3 is 0 Å². The van der Waals surface area contributed by atoms with Gasteiger partial charge in [0.05, 0.1) is 5.71 Å². The van der Waals surface area contributed by atoms with Gasteiger partial charge in [0.1, 0.15) is 0 Å². The summed E-state index contributed by atoms with van der Waals surface area (Å²) in [5, 5.41) is 4.92. The molecule has 0 heterocycles. The first-order chi connectivity index (χ1) is 6.54. The number of rotatable bonds is 2. The van der Waals surface area contributed by atoms with E-state index in [-0.39, 0.29) is 5.92 Å². The van der Waals surface area contributed by atoms with Crippen LogP contribution in [0.3, 0.4) is 0 Å². The lowest BCUT2D eigenvalue weighted by molar-refractivity contribution is 0.876. The molecule has 1 rings (SSSR count). The average molecular weight is 231 g/mol. The van der Waals surface area contributed by atoms with E-state index in [9.17, 15) is 0 Å². The fourth-order valence-electron chi connectivity index (χ4n) is 1.26. The maximum atomic E-state index is 5.88. The van der Waals surface area contributed by atoms with Gasteiger partial charge in [-0.15, -0.1) is 0 Å². The van der Waals surface area contributed by atoms with Gasteiger partial charge in [0, 0.05) is 15.6 Å². The largest absolute Gasteiger partial charge is 0.323 e. The lowest BCUT2D eigenvalue weighted by atomic mass is 10.0. The number of halogens is 2. The highest BCUT2D eigenvalue weighted by atomic mass is 35.5. The van der Waals surface area contributed by atoms with E-state index in [0.29, 0.717) is 10.0 Å². The molecule has 14 heavy (non-hydrogen) atoms. The van der Waals surface area contributed by atoms with Crippen molar-refractivity contribution < 1.29 is 0 Å². The zero-order valence-electron chi connectivity index (χ0n) is 8.09. The fraction of sp³-hybridized carbons (Fsp3) is 0.300. The summed E-state index contributed by atoms with van der Waals surface area (Å²) in [5.41, 5.74) is 1.68. The minimum absolute atomic E-state index is 0.245. The van der Waals surface area contributed by atoms with Crippen LogP contribution in [0.25, 0.3) is 0 Å². The lowest BCUT2D eigenvalue weighted by Crippen LogP contribution is -2.11. The van der Waals surface area contributed by atoms with Gasteiger partial charge in [0.25, 0.3) is 0 Å². The van der Waals surface area contributed by atoms with E-state index in [0.717, 1.165) is 11.3 Å². The summed E-state index contributed by atoms with van der Waals surface area (Å²) < 4.78 is 0. The van der Waals surface area contributed by atoms with Crippen molar-refractivity contribution >= 4 is 28.9 Å². The van der Waals surface area contributed by atoms with Crippen molar-refractivity contribution in [2.24, 2.45) is 16.9 Å². The molecule has 0 unspecified atom stereocenters. The molecule has 0 aliphatic heterocycles. The van der Waals surface area contributed by atoms with Crippen LogP contribution in [-0.2, 0) is 0 Å². The van der Waals surface area contributed by atoms with E-state index in [1.807, 2.05) is 13.8 Å². The number of hydrogen-bond donors (Lipinski definition) is 1. The first-order valence-electron chi connectivity index (χ1n) is 4.29. The van der Waals surface area contributed by atoms with E-state index in [4.69, 9.17) is 29.0 Å². The predicted molar refractivity (Wildman–Crippen MR) is 62.0 cm³/mol. The zero-order valence-corrected chi connectivity index (χ0v) is 9.60. The second-order valence-corrected chi connectivity index (χ2v) is 4.20. The summed E-state index contributed by atoms with van der Waals surface area (Å²) in [6, 6.07) is 5.29. The quantitative estimate of drug-likeness (QED) is 0.473. The van der Waals surface area contributed by atoms with Crippen molar-refractivity contribution in [1.82, 2.24) is 0 Å². The number of nitrogens with zero attached hydrogens (tertiary/aromatic N) is 1. The van der Waals surface area contributed by atoms with Gasteiger partial charge in [-0.3, -0.25) is 0 Å². The third kappa shape index (κ3) is 2.63. The van der Waals surface area contributed by atoms with Crippen LogP contribution in [0, 0.1) is 5.92 Å². The van der Waals surface area contributed by atoms with Gasteiger partial charge in [0.15, 0.2) is 0 Å². The standard InChI is InChI=1S/C10H12Cl2N2/c1-6(2)10(14-13)7-3-8(11)5-9(12)4-7/h3-6H,13H2,1-2H3. The van der Waals surface area contributed by atoms with Crippen molar-refractivity contribution in [2.75, 3.05) is 0 Å². The SMILES string of the molecule is CC(C)C(=NN)c1cc(Cl)cc(Cl)c1. The Labute approximate surface area is 93.7 Å². The van der Waals surface area contributed by atoms with Crippen molar-refractivity contribution in [1.29, 1.82) is 0 Å². The van der Waals surface area contributed by atoms with Crippen molar-refractivity contribution in [2.45, 2.75) is 13.8 Å². The van der Waals surface area contributed by atoms with Gasteiger partial charge in [-0.05, 0) is 24.1 Å². The van der Waals surface area contributed by atoms with Crippen molar-refractivity contribution in [3.8, 4) is 0 Å². The normalized spacial score (nSPS) is 12.2. The number of nitrogens with two attached hydrogens (primary N) is 1. The summed E-state index contributed by atoms with van der Waals surface area (Å²) in [5.74, 6) is 5.55. The van der Waals surface area contributed by atoms with Crippen molar-refractivity contribution in [3.63, 3.8) is 0 Å². The Morgan fingerprint density at radius 1 is 1.21 bits per heavy atom. The number of benzene rings is 1. The molecule has 0 spiro atoms. The van der Waals surface area contributed by atoms with E-state index >= 15 is 0 Å². The van der Waals surface area contributed by atoms with Crippen LogP contribution in [-0.4, -0.2) is 5.71 Å². The molecule has 0 aliphatic carbocycles. The van der Waals surface area contributed by atoms with Gasteiger partial charge in [-0.2, -0.15) is 5.10 Å². The smallest absolute Gasteiger partial charge is 0.0699 e. The average Bonchev–Trinajstić information content (AvgIpc) is 2.02. The molecule has 4 heteroatoms. The molecular weight excluding hydrogens is 219 g/mol. The Bertz CT molecular complexity index is 339. The molecule has 0 aliphatic rings. The molecule has 0 aromatic heterocycles. The molecule has 1 aromatic rings. The highest BCUT2D eigenvalue weighted by molar-refractivity contribution is 6.35. The van der Waals surface area contributed by atoms with Gasteiger partial charge in [0.2, 0.25) is 0 Å². The lowest BCUT2D eigenvalue weighted by Gasteiger charge is -2.09. The second kappa shape index (κ2) is 4.67. The Balaban J connectivity index is 3.18. The monoisotopic (exact) mass is 230 g/mol. The summed E-state index contributed by atoms with van der Waals surface area (Å²) in [4.78, 5) is 0. The molecule has 0 saturated heterocycles. The van der Waals surface area contributed by atoms with Gasteiger partial charge in [-0.1, -0.05) is 37.0 Å². The Morgan fingerprint density at radius 2 is 1.71 bits per heavy atom. The van der Waals surface area contributed by atoms with E-state index < -0.39 is 0 Å². The number of hydrazone groups is 1. The van der Waals surface area contributed by atoms with Crippen LogP contribution in [0.1, 0.15) is 19.4 Å². The first kappa shape index (κ1) is 11.3. The van der Waals surface area contributed by atoms with Crippen LogP contribution in [0.4, 0.5) is 0 Å². The molecule has 0 amide bonds. The molecule has 0 radical (unpaired) electrons. The molecule has 0 fully saturated rings. The van der Waals surface area contributed by atoms with Crippen LogP contribution < -0.4 is 5.84 Å². The molecular formula is C10H12Cl2N2. The number of hydrogen-bond acceptors (Lipinski definition) is 2. The zero-order chi connectivity index (χ0) is 10.7. The minimum Gasteiger partial charge on any atom is -0.323 e. The van der Waals surface area contributed by atoms with Gasteiger partial charge in [-0.25, -0.2) is 0 Å². The second-order valence-electron chi connectivity index (χ2n) is 3.33. The van der Waals surface area contributed by atoms with Gasteiger partial charge < -0.3 is 5.84 Å². The van der Waals surface area contributed by atoms with E-state index in [2.05, 4.69) is 5.10 Å². The topological polar surface area (TPSA) is 38.4 Å². The maximum Gasteiger partial charge on any atom is 0.0699 e. The maximum absolute atomic E-state index is 5.88. The van der Waals surface area contributed by atoms with Crippen molar-refractivity contribution in [3.05, 3.63) is 33.8 Å².